The predicted octanol–water partition coefficient (Wildman–Crippen LogP) is 1.50. The second-order valence-corrected chi connectivity index (χ2v) is 7.49. The van der Waals surface area contributed by atoms with E-state index in [2.05, 4.69) is 25.3 Å². The van der Waals surface area contributed by atoms with E-state index in [1.165, 1.54) is 12.8 Å². The summed E-state index contributed by atoms with van der Waals surface area (Å²) < 4.78 is 1.78. The minimum absolute atomic E-state index is 0.0680. The summed E-state index contributed by atoms with van der Waals surface area (Å²) in [6.07, 6.45) is 4.62. The molecule has 3 saturated heterocycles. The highest BCUT2D eigenvalue weighted by atomic mass is 16.2. The van der Waals surface area contributed by atoms with Gasteiger partial charge in [-0.05, 0) is 54.2 Å². The second-order valence-electron chi connectivity index (χ2n) is 7.49. The third-order valence-electron chi connectivity index (χ3n) is 5.68. The largest absolute Gasteiger partial charge is 0.337 e. The Morgan fingerprint density at radius 1 is 1.04 bits per heavy atom. The molecule has 2 bridgehead atoms. The fourth-order valence-corrected chi connectivity index (χ4v) is 4.14. The molecule has 7 heteroatoms. The van der Waals surface area contributed by atoms with Crippen LogP contribution in [0.5, 0.6) is 0 Å². The molecule has 3 aliphatic heterocycles. The van der Waals surface area contributed by atoms with Crippen LogP contribution in [-0.4, -0.2) is 56.7 Å². The molecule has 2 aromatic rings. The molecule has 1 saturated carbocycles. The number of tetrazole rings is 1. The van der Waals surface area contributed by atoms with Gasteiger partial charge in [-0.2, -0.15) is 4.68 Å². The van der Waals surface area contributed by atoms with Gasteiger partial charge in [0.05, 0.1) is 11.6 Å². The molecule has 25 heavy (non-hydrogen) atoms. The van der Waals surface area contributed by atoms with E-state index in [9.17, 15) is 4.79 Å². The van der Waals surface area contributed by atoms with Crippen LogP contribution in [-0.2, 0) is 4.79 Å². The maximum Gasteiger partial charge on any atom is 0.250 e. The maximum absolute atomic E-state index is 12.9. The van der Waals surface area contributed by atoms with E-state index in [-0.39, 0.29) is 12.0 Å². The number of anilines is 1. The quantitative estimate of drug-likeness (QED) is 0.845. The molecule has 1 amide bonds. The molecule has 1 aliphatic carbocycles. The number of nitrogens with zero attached hydrogens (tertiary/aromatic N) is 6. The lowest BCUT2D eigenvalue weighted by Gasteiger charge is -2.36. The molecule has 130 valence electrons. The van der Waals surface area contributed by atoms with Crippen LogP contribution < -0.4 is 4.90 Å². The summed E-state index contributed by atoms with van der Waals surface area (Å²) in [5, 5.41) is 12.3. The summed E-state index contributed by atoms with van der Waals surface area (Å²) in [5.41, 5.74) is 0.945. The van der Waals surface area contributed by atoms with Gasteiger partial charge in [0.25, 0.3) is 0 Å². The topological polar surface area (TPSA) is 67.2 Å². The Balaban J connectivity index is 1.44. The monoisotopic (exact) mass is 338 g/mol. The van der Waals surface area contributed by atoms with Gasteiger partial charge < -0.3 is 9.80 Å². The number of rotatable bonds is 4. The van der Waals surface area contributed by atoms with Crippen molar-refractivity contribution in [2.75, 3.05) is 24.5 Å². The Hall–Kier alpha value is -2.44. The normalized spacial score (nSPS) is 26.2. The Bertz CT molecular complexity index is 771. The van der Waals surface area contributed by atoms with Crippen LogP contribution in [0.25, 0.3) is 5.69 Å². The molecule has 1 aromatic heterocycles. The Kier molecular flexibility index (Phi) is 3.46. The molecule has 0 radical (unpaired) electrons. The smallest absolute Gasteiger partial charge is 0.250 e. The zero-order valence-corrected chi connectivity index (χ0v) is 14.2. The number of hydrogen-bond acceptors (Lipinski definition) is 5. The lowest BCUT2D eigenvalue weighted by atomic mass is 9.94. The molecule has 6 rings (SSSR count). The van der Waals surface area contributed by atoms with Gasteiger partial charge in [0, 0.05) is 25.7 Å². The Morgan fingerprint density at radius 2 is 1.88 bits per heavy atom. The number of carbonyl (C=O) groups excluding carboxylic acids is 1. The zero-order chi connectivity index (χ0) is 16.8. The third-order valence-corrected chi connectivity index (χ3v) is 5.68. The van der Waals surface area contributed by atoms with Crippen LogP contribution in [0.4, 0.5) is 5.95 Å². The van der Waals surface area contributed by atoms with E-state index in [0.29, 0.717) is 12.5 Å². The highest BCUT2D eigenvalue weighted by molar-refractivity contribution is 5.81. The summed E-state index contributed by atoms with van der Waals surface area (Å²) in [4.78, 5) is 17.2. The van der Waals surface area contributed by atoms with Crippen LogP contribution in [0.1, 0.15) is 25.7 Å². The first-order chi connectivity index (χ1) is 12.3. The van der Waals surface area contributed by atoms with Crippen molar-refractivity contribution in [3.8, 4) is 5.69 Å². The molecule has 1 aromatic carbocycles. The van der Waals surface area contributed by atoms with Gasteiger partial charge in [-0.25, -0.2) is 0 Å². The fraction of sp³-hybridized carbons (Fsp3) is 0.556. The molecule has 7 nitrogen and oxygen atoms in total. The first kappa shape index (κ1) is 14.9. The van der Waals surface area contributed by atoms with E-state index < -0.39 is 0 Å². The molecule has 0 spiro atoms. The first-order valence-electron chi connectivity index (χ1n) is 9.19. The van der Waals surface area contributed by atoms with Crippen molar-refractivity contribution in [2.45, 2.75) is 31.7 Å². The van der Waals surface area contributed by atoms with Gasteiger partial charge in [-0.3, -0.25) is 4.79 Å². The molecular weight excluding hydrogens is 316 g/mol. The minimum Gasteiger partial charge on any atom is -0.337 e. The summed E-state index contributed by atoms with van der Waals surface area (Å²) in [5.74, 6) is 1.87. The Morgan fingerprint density at radius 3 is 2.68 bits per heavy atom. The summed E-state index contributed by atoms with van der Waals surface area (Å²) >= 11 is 0. The highest BCUT2D eigenvalue weighted by Gasteiger charge is 2.43. The number of piperidine rings is 1. The summed E-state index contributed by atoms with van der Waals surface area (Å²) in [6, 6.07) is 10.2. The standard InChI is InChI=1S/C18H22N6O/c25-17-14-8-9-16(23(17)10-13-6-7-13)12-22(11-14)18-19-20-21-24(18)15-4-2-1-3-5-15/h1-5,13-14,16H,6-12H2/t14-,16+/m0/s1. The van der Waals surface area contributed by atoms with Crippen molar-refractivity contribution < 1.29 is 4.79 Å². The number of amides is 1. The number of benzene rings is 1. The van der Waals surface area contributed by atoms with Crippen LogP contribution in [0, 0.1) is 11.8 Å². The molecule has 0 unspecified atom stereocenters. The number of fused-ring (bicyclic) bond motifs is 4. The molecular formula is C18H22N6O. The van der Waals surface area contributed by atoms with Crippen molar-refractivity contribution in [3.05, 3.63) is 30.3 Å². The fourth-order valence-electron chi connectivity index (χ4n) is 4.14. The molecule has 2 atom stereocenters. The molecule has 4 heterocycles. The number of aromatic nitrogens is 4. The van der Waals surface area contributed by atoms with Gasteiger partial charge in [0.1, 0.15) is 0 Å². The van der Waals surface area contributed by atoms with Gasteiger partial charge in [-0.1, -0.05) is 23.3 Å². The predicted molar refractivity (Wildman–Crippen MR) is 92.3 cm³/mol. The van der Waals surface area contributed by atoms with E-state index in [0.717, 1.165) is 43.5 Å². The molecule has 4 aliphatic rings. The van der Waals surface area contributed by atoms with Crippen LogP contribution in [0.15, 0.2) is 30.3 Å². The van der Waals surface area contributed by atoms with Crippen molar-refractivity contribution >= 4 is 11.9 Å². The Labute approximate surface area is 146 Å². The van der Waals surface area contributed by atoms with Gasteiger partial charge in [-0.15, -0.1) is 0 Å². The summed E-state index contributed by atoms with van der Waals surface area (Å²) in [7, 11) is 0. The van der Waals surface area contributed by atoms with Crippen molar-refractivity contribution in [1.29, 1.82) is 0 Å². The second kappa shape index (κ2) is 5.82. The number of para-hydroxylation sites is 1. The van der Waals surface area contributed by atoms with Gasteiger partial charge in [0.2, 0.25) is 11.9 Å². The van der Waals surface area contributed by atoms with E-state index in [1.54, 1.807) is 4.68 Å². The molecule has 0 N–H and O–H groups in total. The first-order valence-corrected chi connectivity index (χ1v) is 9.19. The third kappa shape index (κ3) is 2.67. The van der Waals surface area contributed by atoms with Crippen LogP contribution in [0.3, 0.4) is 0 Å². The lowest BCUT2D eigenvalue weighted by Crippen LogP contribution is -2.48. The van der Waals surface area contributed by atoms with Crippen LogP contribution in [0.2, 0.25) is 0 Å². The van der Waals surface area contributed by atoms with Gasteiger partial charge in [0.15, 0.2) is 0 Å². The van der Waals surface area contributed by atoms with Gasteiger partial charge >= 0.3 is 0 Å². The van der Waals surface area contributed by atoms with Crippen molar-refractivity contribution in [3.63, 3.8) is 0 Å². The van der Waals surface area contributed by atoms with E-state index >= 15 is 0 Å². The average molecular weight is 338 g/mol. The van der Waals surface area contributed by atoms with E-state index in [4.69, 9.17) is 0 Å². The number of carbonyl (C=O) groups is 1. The minimum atomic E-state index is 0.0680. The number of hydrogen-bond donors (Lipinski definition) is 0. The maximum atomic E-state index is 12.9. The van der Waals surface area contributed by atoms with Crippen LogP contribution >= 0.6 is 0 Å². The average Bonchev–Trinajstić information content (AvgIpc) is 3.39. The van der Waals surface area contributed by atoms with Crippen molar-refractivity contribution in [2.24, 2.45) is 11.8 Å². The zero-order valence-electron chi connectivity index (χ0n) is 14.2. The highest BCUT2D eigenvalue weighted by Crippen LogP contribution is 2.36. The van der Waals surface area contributed by atoms with Crippen molar-refractivity contribution in [1.82, 2.24) is 25.1 Å². The SMILES string of the molecule is O=C1[C@H]2CC[C@H](CN(c3nnnn3-c3ccccc3)C2)N1CC1CC1. The lowest BCUT2D eigenvalue weighted by molar-refractivity contribution is -0.140. The van der Waals surface area contributed by atoms with E-state index in [1.807, 2.05) is 30.3 Å². The summed E-state index contributed by atoms with van der Waals surface area (Å²) in [6.45, 7) is 2.48. The molecule has 4 fully saturated rings.